The topological polar surface area (TPSA) is 59.1 Å². The fraction of sp³-hybridized carbons (Fsp3) is 0.536. The molecular formula is C28H42N2O2. The van der Waals surface area contributed by atoms with Crippen LogP contribution in [0.25, 0.3) is 11.1 Å². The predicted molar refractivity (Wildman–Crippen MR) is 135 cm³/mol. The summed E-state index contributed by atoms with van der Waals surface area (Å²) in [6, 6.07) is 8.55. The Morgan fingerprint density at radius 3 is 2.22 bits per heavy atom. The molecule has 0 radical (unpaired) electrons. The third kappa shape index (κ3) is 6.05. The van der Waals surface area contributed by atoms with Crippen molar-refractivity contribution < 1.29 is 9.59 Å². The fourth-order valence-electron chi connectivity index (χ4n) is 4.29. The number of hydrogen-bond donors (Lipinski definition) is 1. The summed E-state index contributed by atoms with van der Waals surface area (Å²) >= 11 is 0. The van der Waals surface area contributed by atoms with Crippen molar-refractivity contribution in [2.24, 2.45) is 0 Å². The number of nitrogens with one attached hydrogen (secondary N) is 1. The maximum absolute atomic E-state index is 12.4. The van der Waals surface area contributed by atoms with E-state index in [-0.39, 0.29) is 18.7 Å². The number of aldehydes is 1. The molecule has 1 amide bonds. The van der Waals surface area contributed by atoms with Crippen LogP contribution in [0.3, 0.4) is 0 Å². The number of aromatic nitrogens is 1. The lowest BCUT2D eigenvalue weighted by Gasteiger charge is -2.25. The van der Waals surface area contributed by atoms with Crippen molar-refractivity contribution in [3.63, 3.8) is 0 Å². The molecule has 2 fully saturated rings. The Morgan fingerprint density at radius 2 is 1.69 bits per heavy atom. The number of amides is 1. The second-order valence-corrected chi connectivity index (χ2v) is 8.12. The highest BCUT2D eigenvalue weighted by Crippen LogP contribution is 2.41. The van der Waals surface area contributed by atoms with E-state index in [1.807, 2.05) is 40.7 Å². The first-order chi connectivity index (χ1) is 15.0. The number of rotatable bonds is 5. The van der Waals surface area contributed by atoms with E-state index in [1.54, 1.807) is 6.20 Å². The van der Waals surface area contributed by atoms with Gasteiger partial charge < -0.3 is 10.1 Å². The van der Waals surface area contributed by atoms with Gasteiger partial charge in [0.1, 0.15) is 6.29 Å². The Hall–Kier alpha value is -2.49. The predicted octanol–water partition coefficient (Wildman–Crippen LogP) is 6.96. The van der Waals surface area contributed by atoms with Crippen LogP contribution >= 0.6 is 0 Å². The third-order valence-corrected chi connectivity index (χ3v) is 6.06. The highest BCUT2D eigenvalue weighted by molar-refractivity contribution is 5.95. The third-order valence-electron chi connectivity index (χ3n) is 6.06. The Morgan fingerprint density at radius 1 is 1.06 bits per heavy atom. The zero-order chi connectivity index (χ0) is 23.0. The molecule has 1 N–H and O–H groups in total. The van der Waals surface area contributed by atoms with E-state index in [2.05, 4.69) is 35.4 Å². The quantitative estimate of drug-likeness (QED) is 0.513. The fourth-order valence-corrected chi connectivity index (χ4v) is 4.29. The van der Waals surface area contributed by atoms with Gasteiger partial charge in [0, 0.05) is 23.5 Å². The van der Waals surface area contributed by atoms with Crippen molar-refractivity contribution >= 4 is 12.2 Å². The van der Waals surface area contributed by atoms with E-state index in [9.17, 15) is 9.59 Å². The van der Waals surface area contributed by atoms with Gasteiger partial charge in [-0.15, -0.1) is 0 Å². The summed E-state index contributed by atoms with van der Waals surface area (Å²) in [6.45, 7) is 12.0. The molecule has 0 spiro atoms. The van der Waals surface area contributed by atoms with E-state index >= 15 is 0 Å². The Kier molecular flexibility index (Phi) is 10.8. The lowest BCUT2D eigenvalue weighted by Crippen LogP contribution is -2.25. The molecule has 2 aliphatic carbocycles. The molecule has 1 aromatic heterocycles. The average molecular weight is 439 g/mol. The molecular weight excluding hydrogens is 396 g/mol. The first kappa shape index (κ1) is 27.5. The van der Waals surface area contributed by atoms with Crippen LogP contribution in [0.5, 0.6) is 0 Å². The Bertz CT molecular complexity index is 894. The number of hydrogen-bond acceptors (Lipinski definition) is 3. The van der Waals surface area contributed by atoms with Crippen molar-refractivity contribution in [3.05, 3.63) is 52.8 Å². The van der Waals surface area contributed by atoms with Crippen LogP contribution in [-0.2, 0) is 10.2 Å². The molecule has 2 aromatic rings. The molecule has 176 valence electrons. The van der Waals surface area contributed by atoms with Crippen LogP contribution in [0.1, 0.15) is 101 Å². The van der Waals surface area contributed by atoms with Crippen LogP contribution in [0.2, 0.25) is 0 Å². The molecule has 2 aliphatic rings. The molecule has 0 unspecified atom stereocenters. The van der Waals surface area contributed by atoms with Crippen molar-refractivity contribution in [1.29, 1.82) is 0 Å². The molecule has 32 heavy (non-hydrogen) atoms. The SMILES string of the molecule is C.CC.CC.Cc1cc(-c2cc(C(=O)NC3CC3)cnc2C)ccc1C1(C=O)CCCC1. The van der Waals surface area contributed by atoms with Gasteiger partial charge in [0.25, 0.3) is 5.91 Å². The van der Waals surface area contributed by atoms with Gasteiger partial charge >= 0.3 is 0 Å². The minimum absolute atomic E-state index is 0. The summed E-state index contributed by atoms with van der Waals surface area (Å²) in [5.74, 6) is -0.0505. The molecule has 1 aromatic carbocycles. The normalized spacial score (nSPS) is 15.8. The van der Waals surface area contributed by atoms with E-state index in [4.69, 9.17) is 0 Å². The van der Waals surface area contributed by atoms with E-state index in [1.165, 1.54) is 0 Å². The van der Waals surface area contributed by atoms with Gasteiger partial charge in [-0.1, -0.05) is 66.2 Å². The Labute approximate surface area is 195 Å². The van der Waals surface area contributed by atoms with Gasteiger partial charge in [0.15, 0.2) is 0 Å². The average Bonchev–Trinajstić information content (AvgIpc) is 3.49. The summed E-state index contributed by atoms with van der Waals surface area (Å²) in [5.41, 5.74) is 5.48. The van der Waals surface area contributed by atoms with Crippen molar-refractivity contribution in [2.45, 2.75) is 99.0 Å². The monoisotopic (exact) mass is 438 g/mol. The maximum atomic E-state index is 12.4. The molecule has 4 nitrogen and oxygen atoms in total. The highest BCUT2D eigenvalue weighted by atomic mass is 16.1. The van der Waals surface area contributed by atoms with E-state index < -0.39 is 0 Å². The second-order valence-electron chi connectivity index (χ2n) is 8.12. The molecule has 4 rings (SSSR count). The highest BCUT2D eigenvalue weighted by Gasteiger charge is 2.36. The number of aryl methyl sites for hydroxylation is 2. The van der Waals surface area contributed by atoms with E-state index in [0.717, 1.165) is 72.8 Å². The summed E-state index contributed by atoms with van der Waals surface area (Å²) in [5, 5.41) is 3.02. The zero-order valence-electron chi connectivity index (χ0n) is 20.0. The largest absolute Gasteiger partial charge is 0.349 e. The van der Waals surface area contributed by atoms with Crippen LogP contribution in [0.15, 0.2) is 30.5 Å². The number of nitrogens with zero attached hydrogens (tertiary/aromatic N) is 1. The lowest BCUT2D eigenvalue weighted by molar-refractivity contribution is -0.112. The van der Waals surface area contributed by atoms with Gasteiger partial charge in [-0.3, -0.25) is 9.78 Å². The first-order valence-corrected chi connectivity index (χ1v) is 11.9. The van der Waals surface area contributed by atoms with Crippen molar-refractivity contribution in [3.8, 4) is 11.1 Å². The summed E-state index contributed by atoms with van der Waals surface area (Å²) in [7, 11) is 0. The number of benzene rings is 1. The van der Waals surface area contributed by atoms with Crippen LogP contribution in [0.4, 0.5) is 0 Å². The lowest BCUT2D eigenvalue weighted by atomic mass is 9.77. The number of carbonyl (C=O) groups excluding carboxylic acids is 2. The van der Waals surface area contributed by atoms with Crippen LogP contribution in [0, 0.1) is 13.8 Å². The molecule has 2 saturated carbocycles. The molecule has 0 atom stereocenters. The van der Waals surface area contributed by atoms with Crippen LogP contribution in [-0.4, -0.2) is 23.2 Å². The smallest absolute Gasteiger partial charge is 0.253 e. The van der Waals surface area contributed by atoms with Gasteiger partial charge in [0.2, 0.25) is 0 Å². The van der Waals surface area contributed by atoms with Gasteiger partial charge in [-0.05, 0) is 62.3 Å². The number of pyridine rings is 1. The minimum Gasteiger partial charge on any atom is -0.349 e. The molecule has 4 heteroatoms. The Balaban J connectivity index is 0.000000971. The van der Waals surface area contributed by atoms with Gasteiger partial charge in [-0.25, -0.2) is 0 Å². The maximum Gasteiger partial charge on any atom is 0.253 e. The van der Waals surface area contributed by atoms with E-state index in [0.29, 0.717) is 11.6 Å². The molecule has 0 saturated heterocycles. The van der Waals surface area contributed by atoms with Gasteiger partial charge in [0.05, 0.1) is 11.0 Å². The first-order valence-electron chi connectivity index (χ1n) is 11.9. The summed E-state index contributed by atoms with van der Waals surface area (Å²) in [6.07, 6.45) is 9.04. The zero-order valence-corrected chi connectivity index (χ0v) is 20.0. The minimum atomic E-state index is -0.318. The molecule has 0 bridgehead atoms. The van der Waals surface area contributed by atoms with Gasteiger partial charge in [-0.2, -0.15) is 0 Å². The number of carbonyl (C=O) groups is 2. The summed E-state index contributed by atoms with van der Waals surface area (Å²) in [4.78, 5) is 28.7. The standard InChI is InChI=1S/C23H26N2O2.2C2H6.CH4/c1-15-11-17(5-8-21(15)23(14-26)9-3-4-10-23)20-12-18(13-24-16(20)2)22(27)25-19-6-7-19;2*1-2;/h5,8,11-14,19H,3-4,6-7,9-10H2,1-2H3,(H,25,27);2*1-2H3;1H4. The second kappa shape index (κ2) is 12.5. The molecule has 0 aliphatic heterocycles. The summed E-state index contributed by atoms with van der Waals surface area (Å²) < 4.78 is 0. The molecule has 1 heterocycles. The van der Waals surface area contributed by atoms with Crippen LogP contribution < -0.4 is 5.32 Å². The van der Waals surface area contributed by atoms with Crippen molar-refractivity contribution in [1.82, 2.24) is 10.3 Å². The van der Waals surface area contributed by atoms with Crippen molar-refractivity contribution in [2.75, 3.05) is 0 Å².